The fraction of sp³-hybridized carbons (Fsp3) is 0.565. The first kappa shape index (κ1) is 29.8. The first-order valence-electron chi connectivity index (χ1n) is 11.1. The number of amides is 3. The number of carbonyl (C=O) groups is 4. The summed E-state index contributed by atoms with van der Waals surface area (Å²) in [5.41, 5.74) is 6.97. The fourth-order valence-electron chi connectivity index (χ4n) is 3.18. The van der Waals surface area contributed by atoms with Crippen LogP contribution < -0.4 is 21.7 Å². The van der Waals surface area contributed by atoms with Crippen LogP contribution in [0.5, 0.6) is 0 Å². The lowest BCUT2D eigenvalue weighted by Crippen LogP contribution is -2.57. The monoisotopic (exact) mass is 512 g/mol. The minimum absolute atomic E-state index is 0.0837. The van der Waals surface area contributed by atoms with Gasteiger partial charge in [0.15, 0.2) is 0 Å². The van der Waals surface area contributed by atoms with Crippen molar-refractivity contribution in [3.05, 3.63) is 35.9 Å². The van der Waals surface area contributed by atoms with E-state index >= 15 is 0 Å². The van der Waals surface area contributed by atoms with Crippen molar-refractivity contribution in [2.24, 2.45) is 11.7 Å². The van der Waals surface area contributed by atoms with E-state index < -0.39 is 47.9 Å². The third-order valence-corrected chi connectivity index (χ3v) is 6.03. The molecule has 0 aromatic heterocycles. The highest BCUT2D eigenvalue weighted by Gasteiger charge is 2.30. The molecule has 0 radical (unpaired) electrons. The van der Waals surface area contributed by atoms with E-state index in [9.17, 15) is 24.3 Å². The standard InChI is InChI=1S/C23H36N4O5S2/c1-14(2)11-18(26-20(28)16(24)12-15-7-5-4-6-8-15)22(30)25-17(9-10-34-3)21(29)27-19(13-33)23(31)32/h4-8,14,16-19,33H,9-13,24H2,1-3H3,(H,25,30)(H,26,28)(H,27,29)(H,31,32). The lowest BCUT2D eigenvalue weighted by molar-refractivity contribution is -0.141. The summed E-state index contributed by atoms with van der Waals surface area (Å²) in [6.07, 6.45) is 2.83. The van der Waals surface area contributed by atoms with Gasteiger partial charge in [-0.15, -0.1) is 0 Å². The Kier molecular flexibility index (Phi) is 13.7. The van der Waals surface area contributed by atoms with Gasteiger partial charge in [0.25, 0.3) is 0 Å². The maximum Gasteiger partial charge on any atom is 0.327 e. The molecule has 0 aliphatic carbocycles. The van der Waals surface area contributed by atoms with Crippen molar-refractivity contribution < 1.29 is 24.3 Å². The molecule has 190 valence electrons. The third kappa shape index (κ3) is 10.8. The lowest BCUT2D eigenvalue weighted by Gasteiger charge is -2.26. The van der Waals surface area contributed by atoms with Crippen molar-refractivity contribution in [2.75, 3.05) is 17.8 Å². The van der Waals surface area contributed by atoms with Gasteiger partial charge in [0.05, 0.1) is 6.04 Å². The quantitative estimate of drug-likeness (QED) is 0.190. The van der Waals surface area contributed by atoms with E-state index in [1.54, 1.807) is 0 Å². The van der Waals surface area contributed by atoms with Crippen LogP contribution in [0.1, 0.15) is 32.3 Å². The molecule has 1 aromatic rings. The van der Waals surface area contributed by atoms with Crippen molar-refractivity contribution in [1.29, 1.82) is 0 Å². The summed E-state index contributed by atoms with van der Waals surface area (Å²) in [6.45, 7) is 3.83. The van der Waals surface area contributed by atoms with Gasteiger partial charge in [-0.05, 0) is 42.8 Å². The van der Waals surface area contributed by atoms with Gasteiger partial charge in [-0.25, -0.2) is 4.79 Å². The van der Waals surface area contributed by atoms with Crippen LogP contribution in [-0.4, -0.2) is 70.7 Å². The van der Waals surface area contributed by atoms with Gasteiger partial charge in [-0.2, -0.15) is 24.4 Å². The van der Waals surface area contributed by atoms with Crippen molar-refractivity contribution in [2.45, 2.75) is 57.3 Å². The number of rotatable bonds is 15. The Balaban J connectivity index is 2.90. The highest BCUT2D eigenvalue weighted by Crippen LogP contribution is 2.09. The zero-order valence-corrected chi connectivity index (χ0v) is 21.5. The average molecular weight is 513 g/mol. The molecule has 0 bridgehead atoms. The molecule has 0 spiro atoms. The second kappa shape index (κ2) is 15.6. The maximum absolute atomic E-state index is 13.1. The number of benzene rings is 1. The second-order valence-electron chi connectivity index (χ2n) is 8.41. The van der Waals surface area contributed by atoms with Crippen LogP contribution in [0.3, 0.4) is 0 Å². The molecule has 3 amide bonds. The Bertz CT molecular complexity index is 810. The molecule has 1 aromatic carbocycles. The molecule has 6 N–H and O–H groups in total. The highest BCUT2D eigenvalue weighted by molar-refractivity contribution is 7.98. The van der Waals surface area contributed by atoms with E-state index in [-0.39, 0.29) is 11.7 Å². The number of hydrogen-bond donors (Lipinski definition) is 6. The number of carbonyl (C=O) groups excluding carboxylic acids is 3. The van der Waals surface area contributed by atoms with Gasteiger partial charge in [-0.3, -0.25) is 14.4 Å². The number of carboxylic acids is 1. The normalized spacial score (nSPS) is 14.5. The summed E-state index contributed by atoms with van der Waals surface area (Å²) in [6, 6.07) is 5.47. The Morgan fingerprint density at radius 3 is 2.06 bits per heavy atom. The summed E-state index contributed by atoms with van der Waals surface area (Å²) >= 11 is 5.45. The smallest absolute Gasteiger partial charge is 0.327 e. The minimum atomic E-state index is -1.21. The average Bonchev–Trinajstić information content (AvgIpc) is 2.79. The van der Waals surface area contributed by atoms with Gasteiger partial charge < -0.3 is 26.8 Å². The zero-order chi connectivity index (χ0) is 25.7. The van der Waals surface area contributed by atoms with Gasteiger partial charge in [0.1, 0.15) is 18.1 Å². The SMILES string of the molecule is CSCCC(NC(=O)C(CC(C)C)NC(=O)C(N)Cc1ccccc1)C(=O)NC(CS)C(=O)O. The van der Waals surface area contributed by atoms with Gasteiger partial charge >= 0.3 is 5.97 Å². The summed E-state index contributed by atoms with van der Waals surface area (Å²) in [5, 5.41) is 17.0. The summed E-state index contributed by atoms with van der Waals surface area (Å²) in [5.74, 6) is -2.24. The number of hydrogen-bond acceptors (Lipinski definition) is 7. The van der Waals surface area contributed by atoms with Crippen LogP contribution in [0.4, 0.5) is 0 Å². The van der Waals surface area contributed by atoms with E-state index in [2.05, 4.69) is 28.6 Å². The first-order valence-corrected chi connectivity index (χ1v) is 13.1. The molecule has 4 unspecified atom stereocenters. The highest BCUT2D eigenvalue weighted by atomic mass is 32.2. The topological polar surface area (TPSA) is 151 Å². The minimum Gasteiger partial charge on any atom is -0.480 e. The Morgan fingerprint density at radius 1 is 0.971 bits per heavy atom. The van der Waals surface area contributed by atoms with Crippen molar-refractivity contribution in [1.82, 2.24) is 16.0 Å². The Labute approximate surface area is 210 Å². The maximum atomic E-state index is 13.1. The van der Waals surface area contributed by atoms with Crippen LogP contribution in [0, 0.1) is 5.92 Å². The molecule has 0 heterocycles. The molecule has 9 nitrogen and oxygen atoms in total. The van der Waals surface area contributed by atoms with E-state index in [1.807, 2.05) is 50.4 Å². The molecular weight excluding hydrogens is 476 g/mol. The van der Waals surface area contributed by atoms with Crippen LogP contribution in [0.25, 0.3) is 0 Å². The van der Waals surface area contributed by atoms with Gasteiger partial charge in [0.2, 0.25) is 17.7 Å². The molecule has 0 aliphatic heterocycles. The van der Waals surface area contributed by atoms with Crippen molar-refractivity contribution >= 4 is 48.1 Å². The van der Waals surface area contributed by atoms with E-state index in [0.717, 1.165) is 5.56 Å². The van der Waals surface area contributed by atoms with Gasteiger partial charge in [0, 0.05) is 5.75 Å². The van der Waals surface area contributed by atoms with Gasteiger partial charge in [-0.1, -0.05) is 44.2 Å². The molecule has 0 aliphatic rings. The van der Waals surface area contributed by atoms with E-state index in [4.69, 9.17) is 5.73 Å². The summed E-state index contributed by atoms with van der Waals surface area (Å²) < 4.78 is 0. The molecule has 0 saturated heterocycles. The second-order valence-corrected chi connectivity index (χ2v) is 9.76. The first-order chi connectivity index (χ1) is 16.1. The number of thiol groups is 1. The summed E-state index contributed by atoms with van der Waals surface area (Å²) in [7, 11) is 0. The molecule has 0 saturated carbocycles. The van der Waals surface area contributed by atoms with Crippen LogP contribution in [0.2, 0.25) is 0 Å². The van der Waals surface area contributed by atoms with E-state index in [0.29, 0.717) is 25.0 Å². The Hall–Kier alpha value is -2.24. The molecule has 11 heteroatoms. The molecular formula is C23H36N4O5S2. The third-order valence-electron chi connectivity index (χ3n) is 5.02. The molecule has 1 rings (SSSR count). The number of nitrogens with one attached hydrogen (secondary N) is 3. The molecule has 4 atom stereocenters. The predicted octanol–water partition coefficient (Wildman–Crippen LogP) is 0.824. The molecule has 0 fully saturated rings. The van der Waals surface area contributed by atoms with Crippen molar-refractivity contribution in [3.8, 4) is 0 Å². The molecule has 34 heavy (non-hydrogen) atoms. The van der Waals surface area contributed by atoms with E-state index in [1.165, 1.54) is 11.8 Å². The van der Waals surface area contributed by atoms with Crippen LogP contribution in [-0.2, 0) is 25.6 Å². The fourth-order valence-corrected chi connectivity index (χ4v) is 3.90. The zero-order valence-electron chi connectivity index (χ0n) is 19.8. The lowest BCUT2D eigenvalue weighted by atomic mass is 10.0. The van der Waals surface area contributed by atoms with Crippen LogP contribution >= 0.6 is 24.4 Å². The predicted molar refractivity (Wildman–Crippen MR) is 138 cm³/mol. The Morgan fingerprint density at radius 2 is 1.53 bits per heavy atom. The largest absolute Gasteiger partial charge is 0.480 e. The number of nitrogens with two attached hydrogens (primary N) is 1. The number of aliphatic carboxylic acids is 1. The summed E-state index contributed by atoms with van der Waals surface area (Å²) in [4.78, 5) is 49.8. The number of thioether (sulfide) groups is 1. The van der Waals surface area contributed by atoms with Crippen molar-refractivity contribution in [3.63, 3.8) is 0 Å². The number of carboxylic acid groups (broad SMARTS) is 1. The van der Waals surface area contributed by atoms with Crippen LogP contribution in [0.15, 0.2) is 30.3 Å².